The molecular weight excluding hydrogens is 244 g/mol. The van der Waals surface area contributed by atoms with Gasteiger partial charge in [0, 0.05) is 18.6 Å². The summed E-state index contributed by atoms with van der Waals surface area (Å²) in [6.07, 6.45) is 17.2. The average Bonchev–Trinajstić information content (AvgIpc) is 3.19. The van der Waals surface area contributed by atoms with Gasteiger partial charge in [-0.3, -0.25) is 4.90 Å². The van der Waals surface area contributed by atoms with Crippen LogP contribution in [0.3, 0.4) is 0 Å². The summed E-state index contributed by atoms with van der Waals surface area (Å²) in [5.74, 6) is 0. The van der Waals surface area contributed by atoms with Crippen molar-refractivity contribution in [2.24, 2.45) is 0 Å². The molecule has 2 nitrogen and oxygen atoms in total. The van der Waals surface area contributed by atoms with E-state index in [1.807, 2.05) is 0 Å². The highest BCUT2D eigenvalue weighted by atomic mass is 15.2. The molecule has 2 heteroatoms. The predicted molar refractivity (Wildman–Crippen MR) is 88.2 cm³/mol. The minimum Gasteiger partial charge on any atom is -0.312 e. The maximum atomic E-state index is 3.72. The topological polar surface area (TPSA) is 15.3 Å². The largest absolute Gasteiger partial charge is 0.312 e. The Hall–Kier alpha value is -0.0800. The van der Waals surface area contributed by atoms with Crippen LogP contribution in [-0.2, 0) is 0 Å². The van der Waals surface area contributed by atoms with Gasteiger partial charge < -0.3 is 5.32 Å². The predicted octanol–water partition coefficient (Wildman–Crippen LogP) is 4.34. The highest BCUT2D eigenvalue weighted by molar-refractivity contribution is 4.86. The molecule has 0 spiro atoms. The maximum absolute atomic E-state index is 3.72. The van der Waals surface area contributed by atoms with E-state index in [0.29, 0.717) is 0 Å². The third-order valence-electron chi connectivity index (χ3n) is 5.02. The second-order valence-electron chi connectivity index (χ2n) is 6.99. The van der Waals surface area contributed by atoms with Gasteiger partial charge in [-0.25, -0.2) is 0 Å². The zero-order valence-electron chi connectivity index (χ0n) is 13.7. The second kappa shape index (κ2) is 9.78. The molecule has 0 radical (unpaired) electrons. The van der Waals surface area contributed by atoms with E-state index < -0.39 is 0 Å². The van der Waals surface area contributed by atoms with Crippen molar-refractivity contribution in [2.45, 2.75) is 96.1 Å². The first-order valence-corrected chi connectivity index (χ1v) is 9.37. The third-order valence-corrected chi connectivity index (χ3v) is 5.02. The Kier molecular flexibility index (Phi) is 7.97. The molecule has 0 aromatic carbocycles. The Morgan fingerprint density at radius 2 is 1.60 bits per heavy atom. The fourth-order valence-corrected chi connectivity index (χ4v) is 3.46. The molecule has 0 aromatic rings. The van der Waals surface area contributed by atoms with Gasteiger partial charge in [-0.1, -0.05) is 51.9 Å². The van der Waals surface area contributed by atoms with Gasteiger partial charge in [0.25, 0.3) is 0 Å². The van der Waals surface area contributed by atoms with Crippen LogP contribution in [0.2, 0.25) is 0 Å². The standard InChI is InChI=1S/C18H36N2/c1-2-3-4-5-6-7-8-9-14-20-15-10-11-18(20)16-19-17-12-13-17/h17-19H,2-16H2,1H3. The van der Waals surface area contributed by atoms with E-state index in [9.17, 15) is 0 Å². The number of nitrogens with zero attached hydrogens (tertiary/aromatic N) is 1. The third kappa shape index (κ3) is 6.58. The SMILES string of the molecule is CCCCCCCCCCN1CCCC1CNC1CC1. The molecule has 1 heterocycles. The van der Waals surface area contributed by atoms with Crippen LogP contribution < -0.4 is 5.32 Å². The monoisotopic (exact) mass is 280 g/mol. The van der Waals surface area contributed by atoms with Crippen LogP contribution in [0.5, 0.6) is 0 Å². The molecule has 118 valence electrons. The zero-order chi connectivity index (χ0) is 14.0. The van der Waals surface area contributed by atoms with Crippen LogP contribution in [0.4, 0.5) is 0 Å². The fourth-order valence-electron chi connectivity index (χ4n) is 3.46. The number of likely N-dealkylation sites (tertiary alicyclic amines) is 1. The lowest BCUT2D eigenvalue weighted by Gasteiger charge is -2.24. The number of unbranched alkanes of at least 4 members (excludes halogenated alkanes) is 7. The maximum Gasteiger partial charge on any atom is 0.0221 e. The van der Waals surface area contributed by atoms with Gasteiger partial charge >= 0.3 is 0 Å². The summed E-state index contributed by atoms with van der Waals surface area (Å²) in [5, 5.41) is 3.72. The lowest BCUT2D eigenvalue weighted by molar-refractivity contribution is 0.241. The van der Waals surface area contributed by atoms with Crippen molar-refractivity contribution < 1.29 is 0 Å². The van der Waals surface area contributed by atoms with Crippen molar-refractivity contribution in [2.75, 3.05) is 19.6 Å². The van der Waals surface area contributed by atoms with E-state index in [2.05, 4.69) is 17.1 Å². The summed E-state index contributed by atoms with van der Waals surface area (Å²) in [5.41, 5.74) is 0. The summed E-state index contributed by atoms with van der Waals surface area (Å²) in [6, 6.07) is 1.72. The molecule has 1 aliphatic heterocycles. The van der Waals surface area contributed by atoms with Crippen LogP contribution in [-0.4, -0.2) is 36.6 Å². The van der Waals surface area contributed by atoms with Crippen molar-refractivity contribution >= 4 is 0 Å². The van der Waals surface area contributed by atoms with Crippen LogP contribution >= 0.6 is 0 Å². The van der Waals surface area contributed by atoms with Gasteiger partial charge in [0.1, 0.15) is 0 Å². The Morgan fingerprint density at radius 1 is 0.900 bits per heavy atom. The van der Waals surface area contributed by atoms with Gasteiger partial charge in [-0.15, -0.1) is 0 Å². The Bertz CT molecular complexity index is 238. The first kappa shape index (κ1) is 16.3. The Balaban J connectivity index is 1.43. The van der Waals surface area contributed by atoms with Crippen molar-refractivity contribution in [3.8, 4) is 0 Å². The molecule has 1 saturated carbocycles. The van der Waals surface area contributed by atoms with Gasteiger partial charge in [0.2, 0.25) is 0 Å². The first-order valence-electron chi connectivity index (χ1n) is 9.37. The number of hydrogen-bond donors (Lipinski definition) is 1. The summed E-state index contributed by atoms with van der Waals surface area (Å²) in [6.45, 7) is 6.26. The van der Waals surface area contributed by atoms with Gasteiger partial charge in [-0.05, 0) is 45.2 Å². The fraction of sp³-hybridized carbons (Fsp3) is 1.00. The van der Waals surface area contributed by atoms with Crippen LogP contribution in [0, 0.1) is 0 Å². The molecule has 1 N–H and O–H groups in total. The Labute approximate surface area is 126 Å². The van der Waals surface area contributed by atoms with Crippen LogP contribution in [0.15, 0.2) is 0 Å². The minimum absolute atomic E-state index is 0.847. The van der Waals surface area contributed by atoms with Gasteiger partial charge in [0.15, 0.2) is 0 Å². The smallest absolute Gasteiger partial charge is 0.0221 e. The quantitative estimate of drug-likeness (QED) is 0.535. The van der Waals surface area contributed by atoms with E-state index in [1.165, 1.54) is 96.7 Å². The summed E-state index contributed by atoms with van der Waals surface area (Å²) in [4.78, 5) is 2.76. The molecule has 1 aliphatic carbocycles. The molecule has 0 aromatic heterocycles. The normalized spacial score (nSPS) is 23.6. The van der Waals surface area contributed by atoms with Gasteiger partial charge in [-0.2, -0.15) is 0 Å². The average molecular weight is 281 g/mol. The van der Waals surface area contributed by atoms with Crippen molar-refractivity contribution in [3.63, 3.8) is 0 Å². The van der Waals surface area contributed by atoms with Crippen LogP contribution in [0.1, 0.15) is 84.0 Å². The molecule has 0 amide bonds. The summed E-state index contributed by atoms with van der Waals surface area (Å²) < 4.78 is 0. The van der Waals surface area contributed by atoms with Gasteiger partial charge in [0.05, 0.1) is 0 Å². The molecule has 2 aliphatic rings. The van der Waals surface area contributed by atoms with E-state index in [-0.39, 0.29) is 0 Å². The first-order chi connectivity index (χ1) is 9.90. The van der Waals surface area contributed by atoms with Crippen molar-refractivity contribution in [3.05, 3.63) is 0 Å². The number of rotatable bonds is 12. The number of nitrogens with one attached hydrogen (secondary N) is 1. The summed E-state index contributed by atoms with van der Waals surface area (Å²) >= 11 is 0. The molecular formula is C18H36N2. The number of hydrogen-bond acceptors (Lipinski definition) is 2. The molecule has 0 bridgehead atoms. The highest BCUT2D eigenvalue weighted by Gasteiger charge is 2.27. The van der Waals surface area contributed by atoms with Crippen molar-refractivity contribution in [1.29, 1.82) is 0 Å². The van der Waals surface area contributed by atoms with E-state index in [0.717, 1.165) is 12.1 Å². The van der Waals surface area contributed by atoms with E-state index in [1.54, 1.807) is 0 Å². The van der Waals surface area contributed by atoms with Crippen LogP contribution in [0.25, 0.3) is 0 Å². The van der Waals surface area contributed by atoms with E-state index in [4.69, 9.17) is 0 Å². The minimum atomic E-state index is 0.847. The molecule has 20 heavy (non-hydrogen) atoms. The Morgan fingerprint density at radius 3 is 2.30 bits per heavy atom. The molecule has 1 saturated heterocycles. The van der Waals surface area contributed by atoms with E-state index >= 15 is 0 Å². The molecule has 1 atom stereocenters. The molecule has 2 fully saturated rings. The highest BCUT2D eigenvalue weighted by Crippen LogP contribution is 2.22. The second-order valence-corrected chi connectivity index (χ2v) is 6.99. The lowest BCUT2D eigenvalue weighted by atomic mass is 10.1. The zero-order valence-corrected chi connectivity index (χ0v) is 13.7. The lowest BCUT2D eigenvalue weighted by Crippen LogP contribution is -2.39. The summed E-state index contributed by atoms with van der Waals surface area (Å²) in [7, 11) is 0. The molecule has 2 rings (SSSR count). The van der Waals surface area contributed by atoms with Crippen molar-refractivity contribution in [1.82, 2.24) is 10.2 Å². The molecule has 1 unspecified atom stereocenters.